The number of aromatic nitrogens is 2. The molecule has 0 bridgehead atoms. The van der Waals surface area contributed by atoms with Crippen LogP contribution >= 0.6 is 12.2 Å². The Bertz CT molecular complexity index is 1140. The molecule has 0 radical (unpaired) electrons. The molecule has 32 heavy (non-hydrogen) atoms. The Kier molecular flexibility index (Phi) is 6.82. The third-order valence-electron chi connectivity index (χ3n) is 5.06. The highest BCUT2D eigenvalue weighted by Gasteiger charge is 2.26. The highest BCUT2D eigenvalue weighted by molar-refractivity contribution is 7.80. The highest BCUT2D eigenvalue weighted by atomic mass is 32.1. The van der Waals surface area contributed by atoms with Crippen LogP contribution in [-0.4, -0.2) is 14.9 Å². The molecule has 3 rings (SSSR count). The van der Waals surface area contributed by atoms with Crippen LogP contribution in [0.4, 0.5) is 33.3 Å². The molecule has 0 spiro atoms. The van der Waals surface area contributed by atoms with E-state index < -0.39 is 41.2 Å². The van der Waals surface area contributed by atoms with Gasteiger partial charge in [-0.1, -0.05) is 26.0 Å². The fourth-order valence-corrected chi connectivity index (χ4v) is 3.42. The second-order valence-electron chi connectivity index (χ2n) is 7.61. The lowest BCUT2D eigenvalue weighted by atomic mass is 10.0. The van der Waals surface area contributed by atoms with E-state index >= 15 is 0 Å². The molecule has 10 heteroatoms. The monoisotopic (exact) mass is 468 g/mol. The smallest absolute Gasteiger partial charge is 0.200 e. The quantitative estimate of drug-likeness (QED) is 0.203. The number of benzene rings is 2. The Morgan fingerprint density at radius 1 is 0.906 bits per heavy atom. The van der Waals surface area contributed by atoms with Gasteiger partial charge in [0.1, 0.15) is 0 Å². The molecule has 1 aromatic heterocycles. The second kappa shape index (κ2) is 9.23. The summed E-state index contributed by atoms with van der Waals surface area (Å²) < 4.78 is 69.6. The highest BCUT2D eigenvalue weighted by Crippen LogP contribution is 2.26. The van der Waals surface area contributed by atoms with E-state index in [1.54, 1.807) is 13.8 Å². The van der Waals surface area contributed by atoms with Crippen LogP contribution < -0.4 is 10.6 Å². The van der Waals surface area contributed by atoms with Crippen molar-refractivity contribution in [2.24, 2.45) is 0 Å². The van der Waals surface area contributed by atoms with Crippen LogP contribution in [0.5, 0.6) is 0 Å². The minimum absolute atomic E-state index is 0.254. The molecule has 0 fully saturated rings. The van der Waals surface area contributed by atoms with Gasteiger partial charge in [-0.2, -0.15) is 5.10 Å². The van der Waals surface area contributed by atoms with Crippen molar-refractivity contribution < 1.29 is 22.0 Å². The fraction of sp³-hybridized carbons (Fsp3) is 0.273. The standard InChI is InChI=1S/C22H21F5N4S/c1-10(2)13-5-7-14(8-6-13)28-22(32)29-21-11(3)30-31(12(21)4)9-15-16(23)18(25)20(27)19(26)17(15)24/h5-8,10H,9H2,1-4H3,(H2,28,29,32). The molecule has 1 heterocycles. The normalized spacial score (nSPS) is 11.2. The summed E-state index contributed by atoms with van der Waals surface area (Å²) in [5.41, 5.74) is 2.28. The summed E-state index contributed by atoms with van der Waals surface area (Å²) >= 11 is 5.33. The van der Waals surface area contributed by atoms with Crippen molar-refractivity contribution in [3.8, 4) is 0 Å². The van der Waals surface area contributed by atoms with Crippen LogP contribution in [0.2, 0.25) is 0 Å². The Balaban J connectivity index is 1.80. The predicted molar refractivity (Wildman–Crippen MR) is 117 cm³/mol. The van der Waals surface area contributed by atoms with Crippen LogP contribution in [0.25, 0.3) is 0 Å². The van der Waals surface area contributed by atoms with Crippen molar-refractivity contribution in [3.63, 3.8) is 0 Å². The van der Waals surface area contributed by atoms with Crippen molar-refractivity contribution in [3.05, 3.63) is 75.9 Å². The zero-order valence-corrected chi connectivity index (χ0v) is 18.6. The molecular formula is C22H21F5N4S. The summed E-state index contributed by atoms with van der Waals surface area (Å²) in [6.07, 6.45) is 0. The van der Waals surface area contributed by atoms with E-state index in [0.717, 1.165) is 10.4 Å². The number of nitrogens with zero attached hydrogens (tertiary/aromatic N) is 2. The third kappa shape index (κ3) is 4.59. The summed E-state index contributed by atoms with van der Waals surface area (Å²) in [6, 6.07) is 7.73. The summed E-state index contributed by atoms with van der Waals surface area (Å²) in [5.74, 6) is -9.56. The Hall–Kier alpha value is -3.01. The first-order chi connectivity index (χ1) is 15.0. The fourth-order valence-electron chi connectivity index (χ4n) is 3.20. The van der Waals surface area contributed by atoms with Crippen molar-refractivity contribution in [1.29, 1.82) is 0 Å². The van der Waals surface area contributed by atoms with E-state index in [0.29, 0.717) is 23.0 Å². The van der Waals surface area contributed by atoms with Gasteiger partial charge in [0.15, 0.2) is 28.4 Å². The molecule has 3 aromatic rings. The minimum Gasteiger partial charge on any atom is -0.332 e. The maximum atomic E-state index is 14.0. The van der Waals surface area contributed by atoms with Crippen LogP contribution in [0.3, 0.4) is 0 Å². The Morgan fingerprint density at radius 3 is 1.97 bits per heavy atom. The average Bonchev–Trinajstić information content (AvgIpc) is 3.01. The van der Waals surface area contributed by atoms with Crippen LogP contribution in [0.15, 0.2) is 24.3 Å². The summed E-state index contributed by atoms with van der Waals surface area (Å²) in [6.45, 7) is 6.75. The summed E-state index contributed by atoms with van der Waals surface area (Å²) in [7, 11) is 0. The molecular weight excluding hydrogens is 447 g/mol. The molecule has 2 aromatic carbocycles. The maximum absolute atomic E-state index is 14.0. The molecule has 0 saturated carbocycles. The lowest BCUT2D eigenvalue weighted by molar-refractivity contribution is 0.366. The molecule has 0 aliphatic carbocycles. The molecule has 0 amide bonds. The van der Waals surface area contributed by atoms with Gasteiger partial charge in [-0.3, -0.25) is 4.68 Å². The lowest BCUT2D eigenvalue weighted by Gasteiger charge is -2.13. The van der Waals surface area contributed by atoms with E-state index in [1.807, 2.05) is 24.3 Å². The SMILES string of the molecule is Cc1nn(Cc2c(F)c(F)c(F)c(F)c2F)c(C)c1NC(=S)Nc1ccc(C(C)C)cc1. The van der Waals surface area contributed by atoms with E-state index in [9.17, 15) is 22.0 Å². The van der Waals surface area contributed by atoms with Gasteiger partial charge in [0.2, 0.25) is 5.82 Å². The van der Waals surface area contributed by atoms with E-state index in [-0.39, 0.29) is 5.11 Å². The molecule has 2 N–H and O–H groups in total. The number of anilines is 2. The molecule has 0 saturated heterocycles. The third-order valence-corrected chi connectivity index (χ3v) is 5.27. The number of hydrogen-bond acceptors (Lipinski definition) is 2. The maximum Gasteiger partial charge on any atom is 0.200 e. The number of thiocarbonyl (C=S) groups is 1. The molecule has 170 valence electrons. The second-order valence-corrected chi connectivity index (χ2v) is 8.02. The van der Waals surface area contributed by atoms with Crippen molar-refractivity contribution in [1.82, 2.24) is 9.78 Å². The zero-order valence-electron chi connectivity index (χ0n) is 17.8. The van der Waals surface area contributed by atoms with Gasteiger partial charge in [-0.05, 0) is 49.7 Å². The number of halogens is 5. The van der Waals surface area contributed by atoms with Crippen molar-refractivity contribution in [2.45, 2.75) is 40.2 Å². The number of nitrogens with one attached hydrogen (secondary N) is 2. The van der Waals surface area contributed by atoms with Crippen LogP contribution in [0.1, 0.15) is 42.3 Å². The molecule has 0 atom stereocenters. The molecule has 0 unspecified atom stereocenters. The lowest BCUT2D eigenvalue weighted by Crippen LogP contribution is -2.20. The van der Waals surface area contributed by atoms with Crippen molar-refractivity contribution >= 4 is 28.7 Å². The van der Waals surface area contributed by atoms with Gasteiger partial charge in [0.25, 0.3) is 0 Å². The van der Waals surface area contributed by atoms with Gasteiger partial charge >= 0.3 is 0 Å². The number of aryl methyl sites for hydroxylation is 1. The van der Waals surface area contributed by atoms with E-state index in [4.69, 9.17) is 12.2 Å². The predicted octanol–water partition coefficient (Wildman–Crippen LogP) is 6.18. The van der Waals surface area contributed by atoms with Gasteiger partial charge in [0.05, 0.1) is 29.2 Å². The van der Waals surface area contributed by atoms with Gasteiger partial charge in [-0.15, -0.1) is 0 Å². The Labute approximate surface area is 187 Å². The molecule has 0 aliphatic heterocycles. The first-order valence-electron chi connectivity index (χ1n) is 9.73. The Morgan fingerprint density at radius 2 is 1.44 bits per heavy atom. The van der Waals surface area contributed by atoms with Gasteiger partial charge in [0, 0.05) is 5.69 Å². The molecule has 4 nitrogen and oxygen atoms in total. The topological polar surface area (TPSA) is 41.9 Å². The zero-order chi connectivity index (χ0) is 23.7. The van der Waals surface area contributed by atoms with Gasteiger partial charge in [-0.25, -0.2) is 22.0 Å². The first kappa shape index (κ1) is 23.6. The van der Waals surface area contributed by atoms with E-state index in [1.165, 1.54) is 5.56 Å². The average molecular weight is 468 g/mol. The summed E-state index contributed by atoms with van der Waals surface area (Å²) in [5, 5.41) is 10.4. The van der Waals surface area contributed by atoms with Crippen LogP contribution in [0, 0.1) is 42.9 Å². The molecule has 0 aliphatic rings. The number of hydrogen-bond donors (Lipinski definition) is 2. The van der Waals surface area contributed by atoms with E-state index in [2.05, 4.69) is 29.6 Å². The van der Waals surface area contributed by atoms with Crippen LogP contribution in [-0.2, 0) is 6.54 Å². The summed E-state index contributed by atoms with van der Waals surface area (Å²) in [4.78, 5) is 0. The van der Waals surface area contributed by atoms with Gasteiger partial charge < -0.3 is 10.6 Å². The minimum atomic E-state index is -2.20. The first-order valence-corrected chi connectivity index (χ1v) is 10.1. The number of rotatable bonds is 5. The van der Waals surface area contributed by atoms with Crippen molar-refractivity contribution in [2.75, 3.05) is 10.6 Å². The largest absolute Gasteiger partial charge is 0.332 e.